The van der Waals surface area contributed by atoms with Crippen LogP contribution in [-0.2, 0) is 14.3 Å². The van der Waals surface area contributed by atoms with Crippen molar-refractivity contribution in [3.63, 3.8) is 0 Å². The molecule has 0 spiro atoms. The largest absolute Gasteiger partial charge is 0.496 e. The number of rotatable bonds is 6. The molecule has 2 aliphatic rings. The second kappa shape index (κ2) is 9.63. The highest BCUT2D eigenvalue weighted by molar-refractivity contribution is 6.04. The van der Waals surface area contributed by atoms with Crippen LogP contribution in [0.25, 0.3) is 0 Å². The predicted octanol–water partition coefficient (Wildman–Crippen LogP) is 4.25. The Labute approximate surface area is 199 Å². The van der Waals surface area contributed by atoms with Gasteiger partial charge in [-0.15, -0.1) is 0 Å². The Hall–Kier alpha value is -3.74. The van der Waals surface area contributed by atoms with Crippen LogP contribution in [0.1, 0.15) is 42.7 Å². The van der Waals surface area contributed by atoms with Crippen LogP contribution < -0.4 is 19.5 Å². The van der Waals surface area contributed by atoms with Crippen molar-refractivity contribution in [2.24, 2.45) is 0 Å². The summed E-state index contributed by atoms with van der Waals surface area (Å²) < 4.78 is 21.5. The molecule has 7 nitrogen and oxygen atoms in total. The number of benzene rings is 2. The molecule has 0 aromatic heterocycles. The average molecular weight is 464 g/mol. The molecule has 2 aromatic rings. The van der Waals surface area contributed by atoms with Crippen LogP contribution in [0.15, 0.2) is 65.0 Å². The standard InChI is InChI=1S/C27H29NO6/c1-15-24(27(30)34-5)25(16-10-11-22(32-3)23(14-16)33-4)26-19(28-15)12-17(13-20(26)29)18-8-6-7-9-21(18)31-2/h6-11,14,17,25,28H,12-13H2,1-5H3/t17-,25-/m0/s1. The Morgan fingerprint density at radius 3 is 2.29 bits per heavy atom. The number of carbonyl (C=O) groups excluding carboxylic acids is 2. The first kappa shape index (κ1) is 23.4. The van der Waals surface area contributed by atoms with Crippen LogP contribution in [0.3, 0.4) is 0 Å². The number of nitrogens with one attached hydrogen (secondary N) is 1. The molecule has 0 amide bonds. The zero-order chi connectivity index (χ0) is 24.4. The van der Waals surface area contributed by atoms with E-state index in [0.29, 0.717) is 41.2 Å². The number of ketones is 1. The van der Waals surface area contributed by atoms with Gasteiger partial charge in [-0.25, -0.2) is 4.79 Å². The molecular weight excluding hydrogens is 434 g/mol. The zero-order valence-electron chi connectivity index (χ0n) is 20.1. The quantitative estimate of drug-likeness (QED) is 0.642. The zero-order valence-corrected chi connectivity index (χ0v) is 20.1. The van der Waals surface area contributed by atoms with E-state index in [1.807, 2.05) is 43.3 Å². The molecule has 1 N–H and O–H groups in total. The Kier molecular flexibility index (Phi) is 6.63. The van der Waals surface area contributed by atoms with Crippen LogP contribution in [-0.4, -0.2) is 40.2 Å². The maximum atomic E-state index is 13.7. The van der Waals surface area contributed by atoms with Crippen molar-refractivity contribution in [2.75, 3.05) is 28.4 Å². The summed E-state index contributed by atoms with van der Waals surface area (Å²) in [4.78, 5) is 26.5. The van der Waals surface area contributed by atoms with Crippen LogP contribution in [0.2, 0.25) is 0 Å². The molecular formula is C27H29NO6. The van der Waals surface area contributed by atoms with Gasteiger partial charge in [0.2, 0.25) is 0 Å². The molecule has 34 heavy (non-hydrogen) atoms. The van der Waals surface area contributed by atoms with Gasteiger partial charge >= 0.3 is 5.97 Å². The van der Waals surface area contributed by atoms with Crippen molar-refractivity contribution >= 4 is 11.8 Å². The topological polar surface area (TPSA) is 83.1 Å². The number of allylic oxidation sites excluding steroid dienone is 3. The molecule has 178 valence electrons. The highest BCUT2D eigenvalue weighted by Crippen LogP contribution is 2.47. The molecule has 0 fully saturated rings. The number of hydrogen-bond donors (Lipinski definition) is 1. The lowest BCUT2D eigenvalue weighted by atomic mass is 9.71. The van der Waals surface area contributed by atoms with Crippen molar-refractivity contribution in [2.45, 2.75) is 31.6 Å². The van der Waals surface area contributed by atoms with E-state index in [4.69, 9.17) is 18.9 Å². The number of dihydropyridines is 1. The third-order valence-corrected chi connectivity index (χ3v) is 6.55. The molecule has 1 heterocycles. The van der Waals surface area contributed by atoms with Crippen LogP contribution >= 0.6 is 0 Å². The minimum atomic E-state index is -0.574. The molecule has 2 aromatic carbocycles. The van der Waals surface area contributed by atoms with Gasteiger partial charge < -0.3 is 24.3 Å². The fraction of sp³-hybridized carbons (Fsp3) is 0.333. The number of carbonyl (C=O) groups is 2. The van der Waals surface area contributed by atoms with Crippen LogP contribution in [0.4, 0.5) is 0 Å². The number of methoxy groups -OCH3 is 4. The van der Waals surface area contributed by atoms with E-state index in [1.165, 1.54) is 7.11 Å². The van der Waals surface area contributed by atoms with Crippen LogP contribution in [0.5, 0.6) is 17.2 Å². The van der Waals surface area contributed by atoms with Gasteiger partial charge in [-0.1, -0.05) is 24.3 Å². The lowest BCUT2D eigenvalue weighted by Crippen LogP contribution is -2.36. The summed E-state index contributed by atoms with van der Waals surface area (Å²) in [6.07, 6.45) is 0.940. The van der Waals surface area contributed by atoms with Gasteiger partial charge in [0.1, 0.15) is 5.75 Å². The first-order chi connectivity index (χ1) is 16.4. The van der Waals surface area contributed by atoms with Gasteiger partial charge in [-0.3, -0.25) is 4.79 Å². The third kappa shape index (κ3) is 4.02. The average Bonchev–Trinajstić information content (AvgIpc) is 2.86. The van der Waals surface area contributed by atoms with Gasteiger partial charge in [0.25, 0.3) is 0 Å². The Bertz CT molecular complexity index is 1200. The van der Waals surface area contributed by atoms with E-state index in [1.54, 1.807) is 27.4 Å². The smallest absolute Gasteiger partial charge is 0.336 e. The van der Waals surface area contributed by atoms with E-state index in [2.05, 4.69) is 5.32 Å². The van der Waals surface area contributed by atoms with Crippen molar-refractivity contribution in [1.29, 1.82) is 0 Å². The molecule has 0 radical (unpaired) electrons. The molecule has 0 unspecified atom stereocenters. The van der Waals surface area contributed by atoms with E-state index in [0.717, 1.165) is 22.6 Å². The Balaban J connectivity index is 1.84. The summed E-state index contributed by atoms with van der Waals surface area (Å²) in [5.74, 6) is 0.759. The molecule has 7 heteroatoms. The normalized spacial score (nSPS) is 19.9. The highest BCUT2D eigenvalue weighted by Gasteiger charge is 2.42. The molecule has 4 rings (SSSR count). The lowest BCUT2D eigenvalue weighted by molar-refractivity contribution is -0.136. The Morgan fingerprint density at radius 2 is 1.62 bits per heavy atom. The fourth-order valence-corrected chi connectivity index (χ4v) is 5.01. The minimum Gasteiger partial charge on any atom is -0.496 e. The van der Waals surface area contributed by atoms with E-state index >= 15 is 0 Å². The van der Waals surface area contributed by atoms with Gasteiger partial charge in [0.05, 0.1) is 34.0 Å². The van der Waals surface area contributed by atoms with Crippen molar-refractivity contribution in [3.05, 3.63) is 76.1 Å². The molecule has 0 saturated heterocycles. The van der Waals surface area contributed by atoms with Crippen molar-refractivity contribution in [1.82, 2.24) is 5.32 Å². The second-order valence-electron chi connectivity index (χ2n) is 8.37. The predicted molar refractivity (Wildman–Crippen MR) is 127 cm³/mol. The summed E-state index contributed by atoms with van der Waals surface area (Å²) in [6, 6.07) is 13.2. The third-order valence-electron chi connectivity index (χ3n) is 6.55. The Morgan fingerprint density at radius 1 is 0.912 bits per heavy atom. The van der Waals surface area contributed by atoms with E-state index in [-0.39, 0.29) is 11.7 Å². The summed E-state index contributed by atoms with van der Waals surface area (Å²) in [5.41, 5.74) is 4.24. The number of ether oxygens (including phenoxy) is 4. The van der Waals surface area contributed by atoms with Crippen LogP contribution in [0, 0.1) is 0 Å². The highest BCUT2D eigenvalue weighted by atomic mass is 16.5. The maximum Gasteiger partial charge on any atom is 0.336 e. The number of hydrogen-bond acceptors (Lipinski definition) is 7. The minimum absolute atomic E-state index is 0.0154. The number of esters is 1. The van der Waals surface area contributed by atoms with Gasteiger partial charge in [0.15, 0.2) is 17.3 Å². The molecule has 0 saturated carbocycles. The summed E-state index contributed by atoms with van der Waals surface area (Å²) >= 11 is 0. The lowest BCUT2D eigenvalue weighted by Gasteiger charge is -2.37. The SMILES string of the molecule is COC(=O)C1=C(C)NC2=C(C(=O)C[C@@H](c3ccccc3OC)C2)[C@H]1c1ccc(OC)c(OC)c1. The second-order valence-corrected chi connectivity index (χ2v) is 8.37. The van der Waals surface area contributed by atoms with E-state index in [9.17, 15) is 9.59 Å². The molecule has 1 aliphatic heterocycles. The van der Waals surface area contributed by atoms with Crippen molar-refractivity contribution < 1.29 is 28.5 Å². The monoisotopic (exact) mass is 463 g/mol. The van der Waals surface area contributed by atoms with Gasteiger partial charge in [-0.05, 0) is 42.7 Å². The fourth-order valence-electron chi connectivity index (χ4n) is 5.01. The van der Waals surface area contributed by atoms with Gasteiger partial charge in [-0.2, -0.15) is 0 Å². The van der Waals surface area contributed by atoms with E-state index < -0.39 is 11.9 Å². The molecule has 1 aliphatic carbocycles. The number of Topliss-reactive ketones (excluding diaryl/α,β-unsaturated/α-hetero) is 1. The summed E-state index contributed by atoms with van der Waals surface area (Å²) in [5, 5.41) is 3.34. The first-order valence-corrected chi connectivity index (χ1v) is 11.1. The summed E-state index contributed by atoms with van der Waals surface area (Å²) in [6.45, 7) is 1.83. The van der Waals surface area contributed by atoms with Gasteiger partial charge in [0, 0.05) is 35.2 Å². The molecule has 0 bridgehead atoms. The number of para-hydroxylation sites is 1. The first-order valence-electron chi connectivity index (χ1n) is 11.1. The maximum absolute atomic E-state index is 13.7. The summed E-state index contributed by atoms with van der Waals surface area (Å²) in [7, 11) is 6.10. The van der Waals surface area contributed by atoms with Crippen molar-refractivity contribution in [3.8, 4) is 17.2 Å². The molecule has 2 atom stereocenters.